The molecule has 0 radical (unpaired) electrons. The van der Waals surface area contributed by atoms with Crippen molar-refractivity contribution in [3.8, 4) is 0 Å². The van der Waals surface area contributed by atoms with Crippen molar-refractivity contribution in [1.29, 1.82) is 0 Å². The number of nitrogens with one attached hydrogen (secondary N) is 1. The molecule has 0 aromatic carbocycles. The fourth-order valence-electron chi connectivity index (χ4n) is 2.18. The van der Waals surface area contributed by atoms with Crippen LogP contribution in [0.25, 0.3) is 0 Å². The molecule has 4 amide bonds. The van der Waals surface area contributed by atoms with Crippen LogP contribution in [-0.2, 0) is 23.2 Å². The van der Waals surface area contributed by atoms with Crippen LogP contribution < -0.4 is 5.32 Å². The first-order valence-electron chi connectivity index (χ1n) is 5.68. The number of carbonyl (C=O) groups is 3. The maximum absolute atomic E-state index is 12.2. The molecule has 2 heterocycles. The molecule has 1 saturated carbocycles. The van der Waals surface area contributed by atoms with Crippen LogP contribution in [0.5, 0.6) is 0 Å². The molecule has 1 aliphatic carbocycles. The van der Waals surface area contributed by atoms with Crippen LogP contribution in [0.2, 0.25) is 0 Å². The molecule has 7 heteroatoms. The fraction of sp³-hybridized carbons (Fsp3) is 0.455. The summed E-state index contributed by atoms with van der Waals surface area (Å²) in [5.41, 5.74) is -0.220. The zero-order chi connectivity index (χ0) is 12.9. The van der Waals surface area contributed by atoms with E-state index in [9.17, 15) is 14.4 Å². The third-order valence-corrected chi connectivity index (χ3v) is 3.40. The van der Waals surface area contributed by atoms with E-state index in [0.717, 1.165) is 10.5 Å². The first kappa shape index (κ1) is 10.9. The van der Waals surface area contributed by atoms with Gasteiger partial charge in [0.1, 0.15) is 5.41 Å². The molecule has 1 aromatic rings. The zero-order valence-corrected chi connectivity index (χ0v) is 9.84. The average Bonchev–Trinajstić information content (AvgIpc) is 3.02. The van der Waals surface area contributed by atoms with Gasteiger partial charge in [-0.3, -0.25) is 24.5 Å². The van der Waals surface area contributed by atoms with E-state index in [1.807, 2.05) is 0 Å². The SMILES string of the molecule is Cn1cc(CN2C(=O)NC(=O)C3(CC3)C2=O)cn1. The van der Waals surface area contributed by atoms with Crippen LogP contribution in [0.3, 0.4) is 0 Å². The van der Waals surface area contributed by atoms with E-state index in [1.54, 1.807) is 24.1 Å². The normalized spacial score (nSPS) is 21.4. The molecule has 2 aliphatic rings. The summed E-state index contributed by atoms with van der Waals surface area (Å²) in [7, 11) is 1.76. The van der Waals surface area contributed by atoms with E-state index in [0.29, 0.717) is 12.8 Å². The van der Waals surface area contributed by atoms with Gasteiger partial charge in [0.15, 0.2) is 0 Å². The molecule has 2 fully saturated rings. The van der Waals surface area contributed by atoms with Gasteiger partial charge in [-0.05, 0) is 12.8 Å². The number of imide groups is 2. The van der Waals surface area contributed by atoms with Crippen molar-refractivity contribution in [2.75, 3.05) is 0 Å². The van der Waals surface area contributed by atoms with E-state index in [2.05, 4.69) is 10.4 Å². The fourth-order valence-corrected chi connectivity index (χ4v) is 2.18. The Hall–Kier alpha value is -2.18. The molecule has 3 rings (SSSR count). The smallest absolute Gasteiger partial charge is 0.277 e. The third kappa shape index (κ3) is 1.43. The Kier molecular flexibility index (Phi) is 2.07. The number of barbiturate groups is 1. The number of urea groups is 1. The number of nitrogens with zero attached hydrogens (tertiary/aromatic N) is 3. The van der Waals surface area contributed by atoms with Crippen LogP contribution in [-0.4, -0.2) is 32.5 Å². The molecule has 94 valence electrons. The van der Waals surface area contributed by atoms with Crippen LogP contribution in [0.1, 0.15) is 18.4 Å². The molecule has 18 heavy (non-hydrogen) atoms. The third-order valence-electron chi connectivity index (χ3n) is 3.40. The Labute approximate surface area is 103 Å². The van der Waals surface area contributed by atoms with Crippen molar-refractivity contribution in [1.82, 2.24) is 20.0 Å². The van der Waals surface area contributed by atoms with Gasteiger partial charge in [-0.1, -0.05) is 0 Å². The van der Waals surface area contributed by atoms with Crippen LogP contribution in [0.4, 0.5) is 4.79 Å². The van der Waals surface area contributed by atoms with Crippen molar-refractivity contribution < 1.29 is 14.4 Å². The second-order valence-corrected chi connectivity index (χ2v) is 4.75. The minimum absolute atomic E-state index is 0.146. The topological polar surface area (TPSA) is 84.3 Å². The number of carbonyl (C=O) groups excluding carboxylic acids is 3. The highest BCUT2D eigenvalue weighted by Crippen LogP contribution is 2.49. The highest BCUT2D eigenvalue weighted by Gasteiger charge is 2.62. The summed E-state index contributed by atoms with van der Waals surface area (Å²) in [6, 6.07) is -0.647. The van der Waals surface area contributed by atoms with E-state index >= 15 is 0 Å². The lowest BCUT2D eigenvalue weighted by atomic mass is 10.0. The largest absolute Gasteiger partial charge is 0.331 e. The standard InChI is InChI=1S/C11H12N4O3/c1-14-5-7(4-12-14)6-15-9(17)11(2-3-11)8(16)13-10(15)18/h4-5H,2-3,6H2,1H3,(H,13,16,18). The van der Waals surface area contributed by atoms with Gasteiger partial charge in [-0.15, -0.1) is 0 Å². The monoisotopic (exact) mass is 248 g/mol. The summed E-state index contributed by atoms with van der Waals surface area (Å²) in [6.07, 6.45) is 4.37. The predicted octanol–water partition coefficient (Wildman–Crippen LogP) is -0.221. The summed E-state index contributed by atoms with van der Waals surface area (Å²) >= 11 is 0. The van der Waals surface area contributed by atoms with Crippen molar-refractivity contribution in [3.63, 3.8) is 0 Å². The highest BCUT2D eigenvalue weighted by molar-refractivity contribution is 6.20. The Morgan fingerprint density at radius 2 is 2.11 bits per heavy atom. The minimum Gasteiger partial charge on any atom is -0.277 e. The van der Waals surface area contributed by atoms with Crippen LogP contribution in [0.15, 0.2) is 12.4 Å². The second-order valence-electron chi connectivity index (χ2n) is 4.75. The zero-order valence-electron chi connectivity index (χ0n) is 9.84. The molecule has 1 N–H and O–H groups in total. The molecule has 0 bridgehead atoms. The van der Waals surface area contributed by atoms with Gasteiger partial charge in [0, 0.05) is 18.8 Å². The summed E-state index contributed by atoms with van der Waals surface area (Å²) in [6.45, 7) is 0.146. The molecular formula is C11H12N4O3. The quantitative estimate of drug-likeness (QED) is 0.733. The number of amides is 4. The molecule has 0 unspecified atom stereocenters. The van der Waals surface area contributed by atoms with Crippen molar-refractivity contribution in [3.05, 3.63) is 18.0 Å². The average molecular weight is 248 g/mol. The molecule has 7 nitrogen and oxygen atoms in total. The lowest BCUT2D eigenvalue weighted by Crippen LogP contribution is -2.58. The van der Waals surface area contributed by atoms with E-state index in [4.69, 9.17) is 0 Å². The van der Waals surface area contributed by atoms with Gasteiger partial charge in [-0.2, -0.15) is 5.10 Å². The molecule has 1 saturated heterocycles. The number of aryl methyl sites for hydroxylation is 1. The summed E-state index contributed by atoms with van der Waals surface area (Å²) in [5.74, 6) is -0.847. The second kappa shape index (κ2) is 3.41. The van der Waals surface area contributed by atoms with Gasteiger partial charge >= 0.3 is 6.03 Å². The van der Waals surface area contributed by atoms with E-state index < -0.39 is 17.4 Å². The van der Waals surface area contributed by atoms with Gasteiger partial charge in [-0.25, -0.2) is 4.79 Å². The molecule has 1 aromatic heterocycles. The first-order chi connectivity index (χ1) is 8.53. The lowest BCUT2D eigenvalue weighted by molar-refractivity contribution is -0.145. The van der Waals surface area contributed by atoms with Gasteiger partial charge < -0.3 is 0 Å². The Morgan fingerprint density at radius 1 is 1.39 bits per heavy atom. The summed E-state index contributed by atoms with van der Waals surface area (Å²) < 4.78 is 1.60. The molecule has 1 aliphatic heterocycles. The summed E-state index contributed by atoms with van der Waals surface area (Å²) in [5, 5.41) is 6.22. The molecule has 0 atom stereocenters. The van der Waals surface area contributed by atoms with Crippen molar-refractivity contribution >= 4 is 17.8 Å². The maximum atomic E-state index is 12.2. The molecule has 1 spiro atoms. The number of hydrogen-bond acceptors (Lipinski definition) is 4. The molecular weight excluding hydrogens is 236 g/mol. The lowest BCUT2D eigenvalue weighted by Gasteiger charge is -2.29. The van der Waals surface area contributed by atoms with Gasteiger partial charge in [0.25, 0.3) is 0 Å². The Balaban J connectivity index is 1.85. The van der Waals surface area contributed by atoms with E-state index in [1.165, 1.54) is 0 Å². The summed E-state index contributed by atoms with van der Waals surface area (Å²) in [4.78, 5) is 36.5. The maximum Gasteiger partial charge on any atom is 0.331 e. The van der Waals surface area contributed by atoms with Crippen molar-refractivity contribution in [2.24, 2.45) is 12.5 Å². The highest BCUT2D eigenvalue weighted by atomic mass is 16.2. The van der Waals surface area contributed by atoms with Crippen molar-refractivity contribution in [2.45, 2.75) is 19.4 Å². The van der Waals surface area contributed by atoms with E-state index in [-0.39, 0.29) is 12.5 Å². The first-order valence-corrected chi connectivity index (χ1v) is 5.68. The predicted molar refractivity (Wildman–Crippen MR) is 59.0 cm³/mol. The number of hydrogen-bond donors (Lipinski definition) is 1. The van der Waals surface area contributed by atoms with Gasteiger partial charge in [0.05, 0.1) is 12.7 Å². The van der Waals surface area contributed by atoms with Crippen LogP contribution >= 0.6 is 0 Å². The Morgan fingerprint density at radius 3 is 2.67 bits per heavy atom. The number of rotatable bonds is 2. The van der Waals surface area contributed by atoms with Crippen LogP contribution in [0, 0.1) is 5.41 Å². The van der Waals surface area contributed by atoms with Gasteiger partial charge in [0.2, 0.25) is 11.8 Å². The Bertz CT molecular complexity index is 558. The minimum atomic E-state index is -0.976. The number of aromatic nitrogens is 2.